The molecular formula is C26H25N3O4. The summed E-state index contributed by atoms with van der Waals surface area (Å²) in [6, 6.07) is 20.5. The SMILES string of the molecule is COc1cccc(NC(=O)c2ccccc2NC(=O)c2cccc(NC(=O)C3CC3C)c2)c1. The Kier molecular flexibility index (Phi) is 6.40. The third kappa shape index (κ3) is 5.38. The first kappa shape index (κ1) is 22.1. The molecule has 0 saturated heterocycles. The van der Waals surface area contributed by atoms with E-state index in [1.165, 1.54) is 0 Å². The zero-order valence-electron chi connectivity index (χ0n) is 18.4. The second kappa shape index (κ2) is 9.56. The fourth-order valence-corrected chi connectivity index (χ4v) is 3.54. The van der Waals surface area contributed by atoms with Crippen LogP contribution in [0.15, 0.2) is 72.8 Å². The number of hydrogen-bond acceptors (Lipinski definition) is 4. The minimum atomic E-state index is -0.382. The topological polar surface area (TPSA) is 96.5 Å². The summed E-state index contributed by atoms with van der Waals surface area (Å²) < 4.78 is 5.19. The zero-order valence-corrected chi connectivity index (χ0v) is 18.4. The van der Waals surface area contributed by atoms with Crippen LogP contribution in [-0.4, -0.2) is 24.8 Å². The predicted molar refractivity (Wildman–Crippen MR) is 128 cm³/mol. The lowest BCUT2D eigenvalue weighted by Crippen LogP contribution is -2.19. The van der Waals surface area contributed by atoms with Gasteiger partial charge in [-0.15, -0.1) is 0 Å². The van der Waals surface area contributed by atoms with Crippen LogP contribution in [-0.2, 0) is 4.79 Å². The molecular weight excluding hydrogens is 418 g/mol. The molecule has 0 aliphatic heterocycles. The lowest BCUT2D eigenvalue weighted by atomic mass is 10.1. The first-order valence-corrected chi connectivity index (χ1v) is 10.7. The zero-order chi connectivity index (χ0) is 23.4. The Morgan fingerprint density at radius 3 is 2.24 bits per heavy atom. The van der Waals surface area contributed by atoms with Crippen LogP contribution < -0.4 is 20.7 Å². The van der Waals surface area contributed by atoms with Gasteiger partial charge < -0.3 is 20.7 Å². The normalized spacial score (nSPS) is 16.4. The number of benzene rings is 3. The fourth-order valence-electron chi connectivity index (χ4n) is 3.54. The molecule has 3 amide bonds. The van der Waals surface area contributed by atoms with Crippen molar-refractivity contribution in [1.82, 2.24) is 0 Å². The molecule has 1 fully saturated rings. The Labute approximate surface area is 192 Å². The standard InChI is InChI=1S/C26H25N3O4/c1-16-13-22(16)26(32)27-18-8-5-7-17(14-18)24(30)29-23-12-4-3-11-21(23)25(31)28-19-9-6-10-20(15-19)33-2/h3-12,14-16,22H,13H2,1-2H3,(H,27,32)(H,28,31)(H,29,30). The van der Waals surface area contributed by atoms with Crippen LogP contribution in [0.5, 0.6) is 5.75 Å². The van der Waals surface area contributed by atoms with Gasteiger partial charge in [-0.05, 0) is 54.8 Å². The molecule has 0 aromatic heterocycles. The van der Waals surface area contributed by atoms with Gasteiger partial charge in [-0.1, -0.05) is 31.2 Å². The molecule has 1 aliphatic carbocycles. The van der Waals surface area contributed by atoms with Crippen molar-refractivity contribution in [2.24, 2.45) is 11.8 Å². The number of amides is 3. The first-order chi connectivity index (χ1) is 15.9. The van der Waals surface area contributed by atoms with E-state index < -0.39 is 0 Å². The van der Waals surface area contributed by atoms with E-state index >= 15 is 0 Å². The second-order valence-electron chi connectivity index (χ2n) is 8.08. The number of hydrogen-bond donors (Lipinski definition) is 3. The molecule has 2 atom stereocenters. The molecule has 1 aliphatic rings. The van der Waals surface area contributed by atoms with Crippen molar-refractivity contribution in [2.45, 2.75) is 13.3 Å². The fraction of sp³-hybridized carbons (Fsp3) is 0.192. The monoisotopic (exact) mass is 443 g/mol. The summed E-state index contributed by atoms with van der Waals surface area (Å²) in [4.78, 5) is 38.0. The number of para-hydroxylation sites is 1. The highest BCUT2D eigenvalue weighted by molar-refractivity contribution is 6.12. The number of methoxy groups -OCH3 is 1. The van der Waals surface area contributed by atoms with Crippen molar-refractivity contribution >= 4 is 34.8 Å². The number of carbonyl (C=O) groups is 3. The molecule has 3 aromatic carbocycles. The van der Waals surface area contributed by atoms with Gasteiger partial charge in [0.15, 0.2) is 0 Å². The molecule has 33 heavy (non-hydrogen) atoms. The second-order valence-corrected chi connectivity index (χ2v) is 8.08. The highest BCUT2D eigenvalue weighted by atomic mass is 16.5. The van der Waals surface area contributed by atoms with Crippen LogP contribution in [0.4, 0.5) is 17.1 Å². The lowest BCUT2D eigenvalue weighted by molar-refractivity contribution is -0.117. The summed E-state index contributed by atoms with van der Waals surface area (Å²) in [6.45, 7) is 2.04. The van der Waals surface area contributed by atoms with Crippen LogP contribution in [0.1, 0.15) is 34.1 Å². The molecule has 0 spiro atoms. The molecule has 0 radical (unpaired) electrons. The molecule has 0 bridgehead atoms. The lowest BCUT2D eigenvalue weighted by Gasteiger charge is -2.13. The van der Waals surface area contributed by atoms with Gasteiger partial charge in [0.1, 0.15) is 5.75 Å². The van der Waals surface area contributed by atoms with Crippen LogP contribution in [0.3, 0.4) is 0 Å². The van der Waals surface area contributed by atoms with Crippen LogP contribution >= 0.6 is 0 Å². The third-order valence-corrected chi connectivity index (χ3v) is 5.59. The smallest absolute Gasteiger partial charge is 0.257 e. The summed E-state index contributed by atoms with van der Waals surface area (Å²) in [5.74, 6) is 0.289. The van der Waals surface area contributed by atoms with Gasteiger partial charge >= 0.3 is 0 Å². The number of ether oxygens (including phenoxy) is 1. The maximum absolute atomic E-state index is 12.9. The van der Waals surface area contributed by atoms with Gasteiger partial charge in [0, 0.05) is 28.9 Å². The molecule has 4 rings (SSSR count). The van der Waals surface area contributed by atoms with E-state index in [2.05, 4.69) is 16.0 Å². The van der Waals surface area contributed by atoms with Gasteiger partial charge in [-0.3, -0.25) is 14.4 Å². The van der Waals surface area contributed by atoms with Crippen molar-refractivity contribution in [3.05, 3.63) is 83.9 Å². The summed E-state index contributed by atoms with van der Waals surface area (Å²) in [7, 11) is 1.55. The summed E-state index contributed by atoms with van der Waals surface area (Å²) in [5.41, 5.74) is 2.22. The van der Waals surface area contributed by atoms with Crippen molar-refractivity contribution in [1.29, 1.82) is 0 Å². The maximum atomic E-state index is 12.9. The average Bonchev–Trinajstić information content (AvgIpc) is 3.56. The average molecular weight is 444 g/mol. The van der Waals surface area contributed by atoms with Gasteiger partial charge in [0.05, 0.1) is 18.4 Å². The number of anilines is 3. The van der Waals surface area contributed by atoms with E-state index in [1.54, 1.807) is 79.9 Å². The number of carbonyl (C=O) groups excluding carboxylic acids is 3. The maximum Gasteiger partial charge on any atom is 0.257 e. The predicted octanol–water partition coefficient (Wildman–Crippen LogP) is 4.79. The van der Waals surface area contributed by atoms with Gasteiger partial charge in [-0.2, -0.15) is 0 Å². The molecule has 168 valence electrons. The van der Waals surface area contributed by atoms with Crippen molar-refractivity contribution < 1.29 is 19.1 Å². The van der Waals surface area contributed by atoms with E-state index in [9.17, 15) is 14.4 Å². The molecule has 7 heteroatoms. The van der Waals surface area contributed by atoms with E-state index in [-0.39, 0.29) is 23.6 Å². The summed E-state index contributed by atoms with van der Waals surface area (Å²) in [6.07, 6.45) is 0.890. The van der Waals surface area contributed by atoms with Crippen LogP contribution in [0.2, 0.25) is 0 Å². The van der Waals surface area contributed by atoms with Crippen LogP contribution in [0, 0.1) is 11.8 Å². The van der Waals surface area contributed by atoms with Crippen molar-refractivity contribution in [2.75, 3.05) is 23.1 Å². The molecule has 2 unspecified atom stereocenters. The Morgan fingerprint density at radius 1 is 0.818 bits per heavy atom. The minimum absolute atomic E-state index is 0.0281. The third-order valence-electron chi connectivity index (χ3n) is 5.59. The quantitative estimate of drug-likeness (QED) is 0.489. The van der Waals surface area contributed by atoms with Gasteiger partial charge in [0.2, 0.25) is 5.91 Å². The minimum Gasteiger partial charge on any atom is -0.497 e. The largest absolute Gasteiger partial charge is 0.497 e. The van der Waals surface area contributed by atoms with E-state index in [0.29, 0.717) is 39.9 Å². The van der Waals surface area contributed by atoms with E-state index in [1.807, 2.05) is 6.92 Å². The highest BCUT2D eigenvalue weighted by Gasteiger charge is 2.39. The van der Waals surface area contributed by atoms with E-state index in [0.717, 1.165) is 6.42 Å². The Balaban J connectivity index is 1.47. The van der Waals surface area contributed by atoms with Crippen molar-refractivity contribution in [3.8, 4) is 5.75 Å². The summed E-state index contributed by atoms with van der Waals surface area (Å²) in [5, 5.41) is 8.49. The molecule has 3 N–H and O–H groups in total. The Bertz CT molecular complexity index is 1210. The van der Waals surface area contributed by atoms with E-state index in [4.69, 9.17) is 4.74 Å². The number of rotatable bonds is 7. The van der Waals surface area contributed by atoms with Crippen molar-refractivity contribution in [3.63, 3.8) is 0 Å². The number of nitrogens with one attached hydrogen (secondary N) is 3. The molecule has 0 heterocycles. The van der Waals surface area contributed by atoms with Gasteiger partial charge in [-0.25, -0.2) is 0 Å². The molecule has 7 nitrogen and oxygen atoms in total. The van der Waals surface area contributed by atoms with Gasteiger partial charge in [0.25, 0.3) is 11.8 Å². The first-order valence-electron chi connectivity index (χ1n) is 10.7. The Hall–Kier alpha value is -4.13. The molecule has 1 saturated carbocycles. The van der Waals surface area contributed by atoms with Crippen LogP contribution in [0.25, 0.3) is 0 Å². The Morgan fingerprint density at radius 2 is 1.52 bits per heavy atom. The highest BCUT2D eigenvalue weighted by Crippen LogP contribution is 2.38. The molecule has 3 aromatic rings. The summed E-state index contributed by atoms with van der Waals surface area (Å²) >= 11 is 0.